The van der Waals surface area contributed by atoms with Gasteiger partial charge in [0.1, 0.15) is 12.1 Å². The number of aromatic amines is 1. The van der Waals surface area contributed by atoms with Crippen molar-refractivity contribution in [1.29, 1.82) is 0 Å². The summed E-state index contributed by atoms with van der Waals surface area (Å²) >= 11 is 0. The molecule has 35 heavy (non-hydrogen) atoms. The van der Waals surface area contributed by atoms with Crippen molar-refractivity contribution in [2.75, 3.05) is 38.7 Å². The summed E-state index contributed by atoms with van der Waals surface area (Å²) in [6.45, 7) is 6.58. The van der Waals surface area contributed by atoms with Crippen LogP contribution in [0.5, 0.6) is 5.75 Å². The van der Waals surface area contributed by atoms with Crippen molar-refractivity contribution in [2.24, 2.45) is 0 Å². The van der Waals surface area contributed by atoms with Gasteiger partial charge in [-0.25, -0.2) is 14.5 Å². The number of piperidine rings is 1. The number of rotatable bonds is 7. The van der Waals surface area contributed by atoms with Gasteiger partial charge in [0.2, 0.25) is 5.91 Å². The van der Waals surface area contributed by atoms with Crippen molar-refractivity contribution in [3.63, 3.8) is 0 Å². The number of nitrogens with one attached hydrogen (secondary N) is 3. The second-order valence-corrected chi connectivity index (χ2v) is 9.30. The number of H-pyrrole nitrogens is 1. The van der Waals surface area contributed by atoms with Gasteiger partial charge in [-0.2, -0.15) is 5.10 Å². The molecule has 1 saturated heterocycles. The summed E-state index contributed by atoms with van der Waals surface area (Å²) in [6.07, 6.45) is 7.39. The van der Waals surface area contributed by atoms with Gasteiger partial charge in [0.15, 0.2) is 11.4 Å². The third kappa shape index (κ3) is 4.41. The number of ether oxygens (including phenoxy) is 1. The minimum atomic E-state index is 0.0182. The van der Waals surface area contributed by atoms with Crippen LogP contribution in [-0.4, -0.2) is 70.3 Å². The summed E-state index contributed by atoms with van der Waals surface area (Å²) < 4.78 is 7.33. The zero-order valence-corrected chi connectivity index (χ0v) is 20.6. The molecular weight excluding hydrogens is 444 g/mol. The number of hydrogen-bond donors (Lipinski definition) is 3. The lowest BCUT2D eigenvalue weighted by Crippen LogP contribution is -2.45. The maximum absolute atomic E-state index is 11.5. The van der Waals surface area contributed by atoms with E-state index in [1.165, 1.54) is 17.3 Å². The number of carbonyl (C=O) groups excluding carboxylic acids is 1. The SMILES string of the molecule is CNC(=O)CNC1CCN(c2cc3c(C(C)C)c(-c4cc(OC)c5ncnn5c4)[nH]c3cn2)CC1. The predicted molar refractivity (Wildman–Crippen MR) is 136 cm³/mol. The van der Waals surface area contributed by atoms with Crippen molar-refractivity contribution in [3.05, 3.63) is 36.4 Å². The van der Waals surface area contributed by atoms with Crippen molar-refractivity contribution in [1.82, 2.24) is 35.2 Å². The average Bonchev–Trinajstić information content (AvgIpc) is 3.51. The number of pyridine rings is 2. The van der Waals surface area contributed by atoms with Crippen LogP contribution in [0.2, 0.25) is 0 Å². The highest BCUT2D eigenvalue weighted by molar-refractivity contribution is 5.92. The molecule has 3 N–H and O–H groups in total. The monoisotopic (exact) mass is 476 g/mol. The average molecular weight is 477 g/mol. The van der Waals surface area contributed by atoms with Crippen LogP contribution in [0.4, 0.5) is 5.82 Å². The summed E-state index contributed by atoms with van der Waals surface area (Å²) in [7, 11) is 3.31. The fourth-order valence-corrected chi connectivity index (χ4v) is 4.92. The first-order valence-corrected chi connectivity index (χ1v) is 12.1. The Morgan fingerprint density at radius 3 is 2.77 bits per heavy atom. The van der Waals surface area contributed by atoms with Crippen molar-refractivity contribution in [2.45, 2.75) is 38.6 Å². The number of carbonyl (C=O) groups is 1. The smallest absolute Gasteiger partial charge is 0.233 e. The van der Waals surface area contributed by atoms with E-state index >= 15 is 0 Å². The minimum Gasteiger partial charge on any atom is -0.493 e. The van der Waals surface area contributed by atoms with E-state index in [-0.39, 0.29) is 5.91 Å². The van der Waals surface area contributed by atoms with Crippen LogP contribution in [0.25, 0.3) is 27.8 Å². The first kappa shape index (κ1) is 23.1. The molecule has 1 aliphatic heterocycles. The first-order valence-electron chi connectivity index (χ1n) is 12.1. The molecule has 0 unspecified atom stereocenters. The molecule has 0 bridgehead atoms. The Morgan fingerprint density at radius 2 is 2.06 bits per heavy atom. The molecule has 5 heterocycles. The van der Waals surface area contributed by atoms with Gasteiger partial charge in [0.05, 0.1) is 31.1 Å². The molecule has 4 aromatic heterocycles. The van der Waals surface area contributed by atoms with Crippen LogP contribution < -0.4 is 20.3 Å². The summed E-state index contributed by atoms with van der Waals surface area (Å²) in [4.78, 5) is 26.5. The van der Waals surface area contributed by atoms with E-state index in [4.69, 9.17) is 9.72 Å². The zero-order chi connectivity index (χ0) is 24.5. The topological polar surface area (TPSA) is 112 Å². The van der Waals surface area contributed by atoms with Gasteiger partial charge in [-0.3, -0.25) is 4.79 Å². The van der Waals surface area contributed by atoms with E-state index < -0.39 is 0 Å². The number of methoxy groups -OCH3 is 1. The number of hydrogen-bond acceptors (Lipinski definition) is 7. The number of nitrogens with zero attached hydrogens (tertiary/aromatic N) is 5. The number of fused-ring (bicyclic) bond motifs is 2. The van der Waals surface area contributed by atoms with Crippen molar-refractivity contribution >= 4 is 28.3 Å². The standard InChI is InChI=1S/C25H32N8O2/c1-15(2)23-18-10-21(32-7-5-17(6-8-32)27-12-22(34)26-3)28-11-19(18)31-24(23)16-9-20(35-4)25-29-14-30-33(25)13-16/h9-11,13-15,17,27,31H,5-8,12H2,1-4H3,(H,26,34). The van der Waals surface area contributed by atoms with Gasteiger partial charge in [-0.15, -0.1) is 0 Å². The molecule has 0 aliphatic carbocycles. The Hall–Kier alpha value is -3.66. The predicted octanol–water partition coefficient (Wildman–Crippen LogP) is 2.71. The maximum Gasteiger partial charge on any atom is 0.233 e. The van der Waals surface area contributed by atoms with Crippen molar-refractivity contribution in [3.8, 4) is 17.0 Å². The maximum atomic E-state index is 11.5. The van der Waals surface area contributed by atoms with E-state index in [1.807, 2.05) is 18.5 Å². The van der Waals surface area contributed by atoms with Gasteiger partial charge in [-0.05, 0) is 36.5 Å². The van der Waals surface area contributed by atoms with Crippen molar-refractivity contribution < 1.29 is 9.53 Å². The van der Waals surface area contributed by atoms with E-state index in [9.17, 15) is 4.79 Å². The number of likely N-dealkylation sites (N-methyl/N-ethyl adjacent to an activating group) is 1. The molecule has 0 spiro atoms. The van der Waals surface area contributed by atoms with Gasteiger partial charge >= 0.3 is 0 Å². The minimum absolute atomic E-state index is 0.0182. The molecule has 0 aromatic carbocycles. The number of amides is 1. The zero-order valence-electron chi connectivity index (χ0n) is 20.6. The molecule has 1 aliphatic rings. The van der Waals surface area contributed by atoms with Crippen LogP contribution in [0.1, 0.15) is 38.2 Å². The molecule has 0 saturated carbocycles. The quantitative estimate of drug-likeness (QED) is 0.376. The largest absolute Gasteiger partial charge is 0.493 e. The third-order valence-electron chi connectivity index (χ3n) is 6.79. The number of anilines is 1. The molecule has 1 amide bonds. The first-order chi connectivity index (χ1) is 17.0. The van der Waals surface area contributed by atoms with E-state index in [1.54, 1.807) is 18.7 Å². The molecule has 0 radical (unpaired) electrons. The summed E-state index contributed by atoms with van der Waals surface area (Å²) in [5.41, 5.74) is 4.97. The van der Waals surface area contributed by atoms with Gasteiger partial charge in [-0.1, -0.05) is 13.8 Å². The van der Waals surface area contributed by atoms with Crippen LogP contribution >= 0.6 is 0 Å². The third-order valence-corrected chi connectivity index (χ3v) is 6.79. The molecule has 184 valence electrons. The van der Waals surface area contributed by atoms with Gasteiger partial charge in [0.25, 0.3) is 0 Å². The molecule has 4 aromatic rings. The van der Waals surface area contributed by atoms with E-state index in [2.05, 4.69) is 50.5 Å². The lowest BCUT2D eigenvalue weighted by molar-refractivity contribution is -0.119. The fourth-order valence-electron chi connectivity index (χ4n) is 4.92. The summed E-state index contributed by atoms with van der Waals surface area (Å²) in [5.74, 6) is 1.98. The second-order valence-electron chi connectivity index (χ2n) is 9.30. The van der Waals surface area contributed by atoms with Crippen LogP contribution in [0.3, 0.4) is 0 Å². The highest BCUT2D eigenvalue weighted by atomic mass is 16.5. The highest BCUT2D eigenvalue weighted by Gasteiger charge is 2.23. The molecule has 0 atom stereocenters. The molecule has 10 heteroatoms. The second kappa shape index (κ2) is 9.53. The normalized spacial score (nSPS) is 14.8. The lowest BCUT2D eigenvalue weighted by Gasteiger charge is -2.33. The summed E-state index contributed by atoms with van der Waals surface area (Å²) in [5, 5.41) is 11.5. The molecule has 1 fully saturated rings. The highest BCUT2D eigenvalue weighted by Crippen LogP contribution is 2.38. The van der Waals surface area contributed by atoms with E-state index in [0.717, 1.165) is 48.5 Å². The van der Waals surface area contributed by atoms with Gasteiger partial charge in [0, 0.05) is 43.3 Å². The Labute approximate surface area is 204 Å². The summed E-state index contributed by atoms with van der Waals surface area (Å²) in [6, 6.07) is 4.55. The Bertz CT molecular complexity index is 1350. The van der Waals surface area contributed by atoms with Gasteiger partial charge < -0.3 is 25.3 Å². The fraction of sp³-hybridized carbons (Fsp3) is 0.440. The molecular formula is C25H32N8O2. The number of aromatic nitrogens is 5. The Kier molecular flexibility index (Phi) is 6.29. The Morgan fingerprint density at radius 1 is 1.26 bits per heavy atom. The van der Waals surface area contributed by atoms with E-state index in [0.29, 0.717) is 29.9 Å². The lowest BCUT2D eigenvalue weighted by atomic mass is 9.97. The Balaban J connectivity index is 1.44. The van der Waals surface area contributed by atoms with Crippen LogP contribution in [0, 0.1) is 0 Å². The van der Waals surface area contributed by atoms with Crippen LogP contribution in [0.15, 0.2) is 30.9 Å². The van der Waals surface area contributed by atoms with Crippen LogP contribution in [-0.2, 0) is 4.79 Å². The molecule has 5 rings (SSSR count). The molecule has 10 nitrogen and oxygen atoms in total.